The van der Waals surface area contributed by atoms with Gasteiger partial charge in [0.05, 0.1) is 6.10 Å². The van der Waals surface area contributed by atoms with E-state index in [4.69, 9.17) is 0 Å². The highest BCUT2D eigenvalue weighted by Gasteiger charge is 2.68. The Balaban J connectivity index is 1.63. The van der Waals surface area contributed by atoms with Gasteiger partial charge < -0.3 is 20.5 Å². The molecule has 1 aromatic heterocycles. The van der Waals surface area contributed by atoms with Gasteiger partial charge in [0.2, 0.25) is 5.91 Å². The fourth-order valence-electron chi connectivity index (χ4n) is 7.01. The third-order valence-electron chi connectivity index (χ3n) is 9.04. The summed E-state index contributed by atoms with van der Waals surface area (Å²) in [7, 11) is 0. The lowest BCUT2D eigenvalue weighted by molar-refractivity contribution is -0.148. The van der Waals surface area contributed by atoms with Crippen molar-refractivity contribution in [2.45, 2.75) is 51.9 Å². The molecule has 0 bridgehead atoms. The summed E-state index contributed by atoms with van der Waals surface area (Å²) >= 11 is 0. The fourth-order valence-corrected chi connectivity index (χ4v) is 7.01. The molecule has 204 valence electrons. The molecular weight excluding hydrogens is 492 g/mol. The molecule has 1 aliphatic heterocycles. The van der Waals surface area contributed by atoms with Gasteiger partial charge in [-0.15, -0.1) is 0 Å². The molecule has 0 radical (unpaired) electrons. The minimum Gasteiger partial charge on any atom is -0.388 e. The second-order valence-corrected chi connectivity index (χ2v) is 11.4. The molecule has 1 amide bonds. The summed E-state index contributed by atoms with van der Waals surface area (Å²) in [5.74, 6) is -3.34. The average Bonchev–Trinajstić information content (AvgIpc) is 3.45. The van der Waals surface area contributed by atoms with Crippen LogP contribution in [0.3, 0.4) is 0 Å². The summed E-state index contributed by atoms with van der Waals surface area (Å²) in [5.41, 5.74) is 1.46. The molecule has 1 unspecified atom stereocenters. The van der Waals surface area contributed by atoms with E-state index in [-0.39, 0.29) is 11.8 Å². The molecule has 2 aromatic rings. The van der Waals surface area contributed by atoms with Crippen molar-refractivity contribution in [3.8, 4) is 0 Å². The number of ketones is 2. The number of nitrogens with one attached hydrogen (secondary N) is 2. The average molecular weight is 529 g/mol. The van der Waals surface area contributed by atoms with Crippen molar-refractivity contribution in [1.29, 1.82) is 0 Å². The van der Waals surface area contributed by atoms with E-state index in [2.05, 4.69) is 16.9 Å². The molecule has 3 aliphatic rings. The van der Waals surface area contributed by atoms with Crippen LogP contribution in [0.5, 0.6) is 0 Å². The van der Waals surface area contributed by atoms with Crippen molar-refractivity contribution in [1.82, 2.24) is 10.3 Å². The number of benzene rings is 1. The standard InChI is InChI=1S/C32H36N2O5/c1-17-8-7-10-23-30(38)20(4)19(3)28-25(15-21-16-33-24-11-6-5-9-22(21)24)34-31(39)32(23,28)27(36)13-12-26(35)29(37)18(2)14-17/h5-7,9-14,16-17,19,23,25,28-30,33,37-38H,4,8,15H2,1-3H3,(H,34,39)/b10-7+,13-12+,18-14-/t17-,19+,23?,25-,28-,29-,30+,32+/m0/s1. The van der Waals surface area contributed by atoms with E-state index in [1.54, 1.807) is 13.0 Å². The van der Waals surface area contributed by atoms with E-state index in [9.17, 15) is 24.6 Å². The Hall–Kier alpha value is -3.55. The first-order chi connectivity index (χ1) is 18.6. The van der Waals surface area contributed by atoms with E-state index in [0.717, 1.165) is 28.6 Å². The van der Waals surface area contributed by atoms with E-state index >= 15 is 0 Å². The number of rotatable bonds is 2. The number of aliphatic hydroxyl groups excluding tert-OH is 2. The van der Waals surface area contributed by atoms with E-state index in [1.165, 1.54) is 0 Å². The van der Waals surface area contributed by atoms with Gasteiger partial charge in [0.1, 0.15) is 11.5 Å². The van der Waals surface area contributed by atoms with Crippen LogP contribution in [-0.4, -0.2) is 50.9 Å². The minimum atomic E-state index is -1.63. The zero-order valence-corrected chi connectivity index (χ0v) is 22.6. The van der Waals surface area contributed by atoms with Gasteiger partial charge >= 0.3 is 0 Å². The SMILES string of the molecule is C=C1[C@@H](O)C2/C=C/C[C@H](C)/C=C(/C)[C@H](O)C(=O)/C=C/C(=O)[C@]23C(=O)N[C@@H](Cc2c[nH]c4ccccc24)[C@@H]3[C@@H]1C. The highest BCUT2D eigenvalue weighted by Crippen LogP contribution is 2.56. The predicted octanol–water partition coefficient (Wildman–Crippen LogP) is 3.59. The molecule has 7 nitrogen and oxygen atoms in total. The molecule has 1 saturated heterocycles. The van der Waals surface area contributed by atoms with Crippen LogP contribution in [0, 0.1) is 29.1 Å². The lowest BCUT2D eigenvalue weighted by Crippen LogP contribution is -2.58. The number of amides is 1. The van der Waals surface area contributed by atoms with Crippen molar-refractivity contribution in [2.24, 2.45) is 29.1 Å². The molecule has 5 rings (SSSR count). The zero-order valence-electron chi connectivity index (χ0n) is 22.6. The van der Waals surface area contributed by atoms with E-state index in [1.807, 2.05) is 56.5 Å². The molecule has 2 aliphatic carbocycles. The quantitative estimate of drug-likeness (QED) is 0.351. The van der Waals surface area contributed by atoms with Crippen molar-refractivity contribution in [3.05, 3.63) is 84.1 Å². The number of carbonyl (C=O) groups is 3. The largest absolute Gasteiger partial charge is 0.388 e. The first-order valence-electron chi connectivity index (χ1n) is 13.6. The minimum absolute atomic E-state index is 0.00855. The molecule has 1 aromatic carbocycles. The van der Waals surface area contributed by atoms with Crippen molar-refractivity contribution < 1.29 is 24.6 Å². The van der Waals surface area contributed by atoms with E-state index < -0.39 is 53.0 Å². The Morgan fingerprint density at radius 3 is 2.62 bits per heavy atom. The Bertz CT molecular complexity index is 1430. The number of carbonyl (C=O) groups excluding carboxylic acids is 3. The smallest absolute Gasteiger partial charge is 0.235 e. The maximum absolute atomic E-state index is 14.1. The van der Waals surface area contributed by atoms with Gasteiger partial charge in [0.25, 0.3) is 0 Å². The Morgan fingerprint density at radius 2 is 1.85 bits per heavy atom. The predicted molar refractivity (Wildman–Crippen MR) is 149 cm³/mol. The number of aromatic amines is 1. The van der Waals surface area contributed by atoms with Gasteiger partial charge in [0.15, 0.2) is 11.6 Å². The molecule has 2 fully saturated rings. The normalized spacial score (nSPS) is 38.5. The summed E-state index contributed by atoms with van der Waals surface area (Å²) < 4.78 is 0. The second kappa shape index (κ2) is 10.2. The highest BCUT2D eigenvalue weighted by atomic mass is 16.3. The van der Waals surface area contributed by atoms with Gasteiger partial charge in [0, 0.05) is 35.0 Å². The van der Waals surface area contributed by atoms with Crippen LogP contribution in [0.2, 0.25) is 0 Å². The first kappa shape index (κ1) is 27.0. The zero-order chi connectivity index (χ0) is 28.1. The van der Waals surface area contributed by atoms with Crippen LogP contribution in [0.1, 0.15) is 32.8 Å². The Kier molecular flexibility index (Phi) is 7.08. The molecule has 2 heterocycles. The molecule has 7 heteroatoms. The van der Waals surface area contributed by atoms with Crippen molar-refractivity contribution in [2.75, 3.05) is 0 Å². The third-order valence-corrected chi connectivity index (χ3v) is 9.04. The topological polar surface area (TPSA) is 119 Å². The fraction of sp³-hybridized carbons (Fsp3) is 0.406. The number of aromatic nitrogens is 1. The summed E-state index contributed by atoms with van der Waals surface area (Å²) in [6.45, 7) is 9.74. The van der Waals surface area contributed by atoms with Crippen LogP contribution in [0.15, 0.2) is 78.6 Å². The number of para-hydroxylation sites is 1. The number of allylic oxidation sites excluding steroid dienone is 3. The molecule has 4 N–H and O–H groups in total. The maximum Gasteiger partial charge on any atom is 0.235 e. The van der Waals surface area contributed by atoms with Crippen LogP contribution in [0.4, 0.5) is 0 Å². The van der Waals surface area contributed by atoms with Gasteiger partial charge in [-0.1, -0.05) is 56.9 Å². The molecular formula is C32H36N2O5. The van der Waals surface area contributed by atoms with Gasteiger partial charge in [-0.25, -0.2) is 0 Å². The summed E-state index contributed by atoms with van der Waals surface area (Å²) in [4.78, 5) is 44.2. The molecule has 1 saturated carbocycles. The number of hydrogen-bond donors (Lipinski definition) is 4. The third kappa shape index (κ3) is 4.34. The van der Waals surface area contributed by atoms with E-state index in [0.29, 0.717) is 24.0 Å². The van der Waals surface area contributed by atoms with Crippen LogP contribution in [-0.2, 0) is 20.8 Å². The Labute approximate surface area is 228 Å². The van der Waals surface area contributed by atoms with Gasteiger partial charge in [-0.05, 0) is 66.5 Å². The van der Waals surface area contributed by atoms with Crippen LogP contribution >= 0.6 is 0 Å². The summed E-state index contributed by atoms with van der Waals surface area (Å²) in [6.07, 6.45) is 8.17. The van der Waals surface area contributed by atoms with Crippen molar-refractivity contribution in [3.63, 3.8) is 0 Å². The first-order valence-corrected chi connectivity index (χ1v) is 13.6. The highest BCUT2D eigenvalue weighted by molar-refractivity contribution is 6.15. The summed E-state index contributed by atoms with van der Waals surface area (Å²) in [5, 5.41) is 26.1. The van der Waals surface area contributed by atoms with Crippen molar-refractivity contribution >= 4 is 28.4 Å². The number of hydrogen-bond acceptors (Lipinski definition) is 5. The number of H-pyrrole nitrogens is 1. The molecule has 39 heavy (non-hydrogen) atoms. The summed E-state index contributed by atoms with van der Waals surface area (Å²) in [6, 6.07) is 7.53. The number of aliphatic hydroxyl groups is 2. The second-order valence-electron chi connectivity index (χ2n) is 11.4. The Morgan fingerprint density at radius 1 is 1.10 bits per heavy atom. The van der Waals surface area contributed by atoms with Crippen LogP contribution in [0.25, 0.3) is 10.9 Å². The van der Waals surface area contributed by atoms with Gasteiger partial charge in [-0.2, -0.15) is 0 Å². The lowest BCUT2D eigenvalue weighted by Gasteiger charge is -2.48. The van der Waals surface area contributed by atoms with Gasteiger partial charge in [-0.3, -0.25) is 14.4 Å². The molecule has 8 atom stereocenters. The lowest BCUT2D eigenvalue weighted by atomic mass is 9.52. The van der Waals surface area contributed by atoms with Crippen LogP contribution < -0.4 is 5.32 Å². The molecule has 1 spiro atoms. The number of fused-ring (bicyclic) bond motifs is 1. The maximum atomic E-state index is 14.1. The monoisotopic (exact) mass is 528 g/mol.